The van der Waals surface area contributed by atoms with Crippen LogP contribution in [0.3, 0.4) is 0 Å². The predicted molar refractivity (Wildman–Crippen MR) is 75.7 cm³/mol. The Labute approximate surface area is 108 Å². The van der Waals surface area contributed by atoms with Crippen LogP contribution >= 0.6 is 0 Å². The second kappa shape index (κ2) is 4.72. The van der Waals surface area contributed by atoms with E-state index in [1.165, 1.54) is 5.69 Å². The summed E-state index contributed by atoms with van der Waals surface area (Å²) >= 11 is 0. The second-order valence-corrected chi connectivity index (χ2v) is 5.25. The van der Waals surface area contributed by atoms with Gasteiger partial charge in [0.2, 0.25) is 0 Å². The molecule has 0 aliphatic heterocycles. The fourth-order valence-electron chi connectivity index (χ4n) is 1.82. The van der Waals surface area contributed by atoms with Crippen molar-refractivity contribution in [1.82, 2.24) is 9.97 Å². The van der Waals surface area contributed by atoms with Crippen LogP contribution in [0.2, 0.25) is 0 Å². The smallest absolute Gasteiger partial charge is 0.126 e. The summed E-state index contributed by atoms with van der Waals surface area (Å²) in [5.74, 6) is 0.862. The van der Waals surface area contributed by atoms with Crippen molar-refractivity contribution in [2.45, 2.75) is 26.2 Å². The van der Waals surface area contributed by atoms with Gasteiger partial charge in [0.15, 0.2) is 0 Å². The van der Waals surface area contributed by atoms with E-state index >= 15 is 0 Å². The first-order chi connectivity index (χ1) is 8.49. The van der Waals surface area contributed by atoms with Gasteiger partial charge in [-0.15, -0.1) is 0 Å². The lowest BCUT2D eigenvalue weighted by Crippen LogP contribution is -2.28. The third-order valence-electron chi connectivity index (χ3n) is 3.19. The van der Waals surface area contributed by atoms with Gasteiger partial charge in [-0.2, -0.15) is 0 Å². The Kier molecular flexibility index (Phi) is 3.28. The number of H-pyrrole nitrogens is 1. The van der Waals surface area contributed by atoms with Crippen molar-refractivity contribution in [3.8, 4) is 0 Å². The largest absolute Gasteiger partial charge is 0.397 e. The van der Waals surface area contributed by atoms with Gasteiger partial charge in [0.05, 0.1) is 11.9 Å². The lowest BCUT2D eigenvalue weighted by Gasteiger charge is -2.24. The highest BCUT2D eigenvalue weighted by Crippen LogP contribution is 2.22. The van der Waals surface area contributed by atoms with E-state index in [2.05, 4.69) is 35.2 Å². The van der Waals surface area contributed by atoms with Crippen LogP contribution in [-0.2, 0) is 5.41 Å². The lowest BCUT2D eigenvalue weighted by atomic mass is 9.89. The molecule has 2 aromatic heterocycles. The molecule has 0 radical (unpaired) electrons. The molecule has 4 N–H and O–H groups in total. The average molecular weight is 244 g/mol. The number of hydrogen-bond acceptors (Lipinski definition) is 3. The number of rotatable bonds is 4. The molecule has 18 heavy (non-hydrogen) atoms. The van der Waals surface area contributed by atoms with Crippen molar-refractivity contribution >= 4 is 11.5 Å². The molecule has 2 aromatic rings. The lowest BCUT2D eigenvalue weighted by molar-refractivity contribution is 0.541. The molecule has 0 saturated heterocycles. The van der Waals surface area contributed by atoms with Crippen LogP contribution in [0.4, 0.5) is 11.5 Å². The minimum absolute atomic E-state index is 0.0282. The zero-order valence-corrected chi connectivity index (χ0v) is 11.1. The van der Waals surface area contributed by atoms with Gasteiger partial charge in [-0.05, 0) is 30.7 Å². The fraction of sp³-hybridized carbons (Fsp3) is 0.357. The van der Waals surface area contributed by atoms with E-state index in [-0.39, 0.29) is 5.41 Å². The van der Waals surface area contributed by atoms with Crippen molar-refractivity contribution < 1.29 is 0 Å². The standard InChI is InChI=1S/C14H20N4/c1-10-7-13(17-8-11(10)15)18-9-14(2,3)12-5-4-6-16-12/h4-8,16H,9,15H2,1-3H3,(H,17,18). The Morgan fingerprint density at radius 1 is 1.44 bits per heavy atom. The monoisotopic (exact) mass is 244 g/mol. The van der Waals surface area contributed by atoms with Crippen LogP contribution < -0.4 is 11.1 Å². The zero-order chi connectivity index (χ0) is 13.2. The first-order valence-electron chi connectivity index (χ1n) is 6.09. The molecule has 0 aliphatic rings. The Balaban J connectivity index is 2.05. The molecule has 0 fully saturated rings. The molecule has 2 heterocycles. The Hall–Kier alpha value is -1.97. The van der Waals surface area contributed by atoms with Gasteiger partial charge in [0, 0.05) is 23.9 Å². The summed E-state index contributed by atoms with van der Waals surface area (Å²) in [5.41, 5.74) is 8.76. The van der Waals surface area contributed by atoms with Crippen molar-refractivity contribution in [2.24, 2.45) is 0 Å². The van der Waals surface area contributed by atoms with Crippen molar-refractivity contribution in [2.75, 3.05) is 17.6 Å². The summed E-state index contributed by atoms with van der Waals surface area (Å²) < 4.78 is 0. The molecule has 2 rings (SSSR count). The number of hydrogen-bond donors (Lipinski definition) is 3. The number of nitrogens with two attached hydrogens (primary N) is 1. The molecule has 0 spiro atoms. The molecule has 0 bridgehead atoms. The van der Waals surface area contributed by atoms with Gasteiger partial charge in [-0.1, -0.05) is 13.8 Å². The summed E-state index contributed by atoms with van der Waals surface area (Å²) in [6.07, 6.45) is 3.64. The number of aromatic amines is 1. The maximum atomic E-state index is 5.75. The van der Waals surface area contributed by atoms with Crippen molar-refractivity contribution in [3.63, 3.8) is 0 Å². The van der Waals surface area contributed by atoms with Crippen LogP contribution in [0, 0.1) is 6.92 Å². The van der Waals surface area contributed by atoms with E-state index in [9.17, 15) is 0 Å². The third kappa shape index (κ3) is 2.64. The van der Waals surface area contributed by atoms with Gasteiger partial charge >= 0.3 is 0 Å². The third-order valence-corrected chi connectivity index (χ3v) is 3.19. The van der Waals surface area contributed by atoms with E-state index in [1.807, 2.05) is 25.3 Å². The van der Waals surface area contributed by atoms with E-state index in [0.29, 0.717) is 0 Å². The van der Waals surface area contributed by atoms with E-state index < -0.39 is 0 Å². The molecular weight excluding hydrogens is 224 g/mol. The van der Waals surface area contributed by atoms with Crippen molar-refractivity contribution in [3.05, 3.63) is 41.9 Å². The summed E-state index contributed by atoms with van der Waals surface area (Å²) in [6, 6.07) is 6.09. The quantitative estimate of drug-likeness (QED) is 0.774. The molecule has 0 amide bonds. The predicted octanol–water partition coefficient (Wildman–Crippen LogP) is 2.69. The fourth-order valence-corrected chi connectivity index (χ4v) is 1.82. The van der Waals surface area contributed by atoms with Gasteiger partial charge in [0.1, 0.15) is 5.82 Å². The number of nitrogen functional groups attached to an aromatic ring is 1. The average Bonchev–Trinajstić information content (AvgIpc) is 2.85. The van der Waals surface area contributed by atoms with E-state index in [1.54, 1.807) is 6.20 Å². The van der Waals surface area contributed by atoms with Gasteiger partial charge in [-0.25, -0.2) is 4.98 Å². The van der Waals surface area contributed by atoms with Gasteiger partial charge in [0.25, 0.3) is 0 Å². The normalized spacial score (nSPS) is 11.5. The first kappa shape index (κ1) is 12.5. The Bertz CT molecular complexity index is 515. The molecule has 4 nitrogen and oxygen atoms in total. The Morgan fingerprint density at radius 3 is 2.83 bits per heavy atom. The van der Waals surface area contributed by atoms with Crippen LogP contribution in [0.1, 0.15) is 25.1 Å². The molecule has 0 atom stereocenters. The van der Waals surface area contributed by atoms with Crippen molar-refractivity contribution in [1.29, 1.82) is 0 Å². The molecule has 0 aromatic carbocycles. The zero-order valence-electron chi connectivity index (χ0n) is 11.1. The number of anilines is 2. The van der Waals surface area contributed by atoms with Crippen LogP contribution in [0.25, 0.3) is 0 Å². The topological polar surface area (TPSA) is 66.7 Å². The first-order valence-corrected chi connectivity index (χ1v) is 6.09. The Morgan fingerprint density at radius 2 is 2.22 bits per heavy atom. The second-order valence-electron chi connectivity index (χ2n) is 5.25. The number of nitrogens with one attached hydrogen (secondary N) is 2. The molecule has 4 heteroatoms. The molecule has 0 unspecified atom stereocenters. The summed E-state index contributed by atoms with van der Waals surface area (Å²) in [4.78, 5) is 7.53. The highest BCUT2D eigenvalue weighted by atomic mass is 15.0. The van der Waals surface area contributed by atoms with E-state index in [4.69, 9.17) is 5.73 Å². The maximum Gasteiger partial charge on any atom is 0.126 e. The summed E-state index contributed by atoms with van der Waals surface area (Å²) in [5, 5.41) is 3.35. The van der Waals surface area contributed by atoms with Crippen LogP contribution in [0.15, 0.2) is 30.6 Å². The summed E-state index contributed by atoms with van der Waals surface area (Å²) in [6.45, 7) is 7.17. The van der Waals surface area contributed by atoms with Crippen LogP contribution in [0.5, 0.6) is 0 Å². The van der Waals surface area contributed by atoms with Gasteiger partial charge in [-0.3, -0.25) is 0 Å². The number of aromatic nitrogens is 2. The molecule has 96 valence electrons. The molecular formula is C14H20N4. The minimum atomic E-state index is 0.0282. The van der Waals surface area contributed by atoms with Gasteiger partial charge < -0.3 is 16.0 Å². The number of pyridine rings is 1. The molecule has 0 saturated carbocycles. The summed E-state index contributed by atoms with van der Waals surface area (Å²) in [7, 11) is 0. The van der Waals surface area contributed by atoms with E-state index in [0.717, 1.165) is 23.6 Å². The highest BCUT2D eigenvalue weighted by Gasteiger charge is 2.21. The minimum Gasteiger partial charge on any atom is -0.397 e. The number of aryl methyl sites for hydroxylation is 1. The SMILES string of the molecule is Cc1cc(NCC(C)(C)c2ccc[nH]2)ncc1N. The van der Waals surface area contributed by atoms with Crippen LogP contribution in [-0.4, -0.2) is 16.5 Å². The number of nitrogens with zero attached hydrogens (tertiary/aromatic N) is 1. The maximum absolute atomic E-state index is 5.75. The molecule has 0 aliphatic carbocycles. The highest BCUT2D eigenvalue weighted by molar-refractivity contribution is 5.51.